The maximum Gasteiger partial charge on any atom is 0.119 e. The average Bonchev–Trinajstić information content (AvgIpc) is 2.40. The monoisotopic (exact) mass is 254 g/mol. The Morgan fingerprint density at radius 1 is 1.59 bits per heavy atom. The molecule has 0 radical (unpaired) electrons. The predicted molar refractivity (Wildman–Crippen MR) is 69.8 cm³/mol. The van der Waals surface area contributed by atoms with Gasteiger partial charge < -0.3 is 14.6 Å². The number of benzene rings is 1. The van der Waals surface area contributed by atoms with Crippen LogP contribution in [0.2, 0.25) is 0 Å². The lowest BCUT2D eigenvalue weighted by Gasteiger charge is -2.26. The van der Waals surface area contributed by atoms with E-state index in [1.807, 2.05) is 36.0 Å². The van der Waals surface area contributed by atoms with E-state index < -0.39 is 6.10 Å². The molecule has 1 saturated heterocycles. The van der Waals surface area contributed by atoms with Gasteiger partial charge in [-0.1, -0.05) is 12.1 Å². The summed E-state index contributed by atoms with van der Waals surface area (Å²) in [5, 5.41) is 10.1. The fraction of sp³-hybridized carbons (Fsp3) is 0.538. The fourth-order valence-electron chi connectivity index (χ4n) is 1.90. The van der Waals surface area contributed by atoms with E-state index in [2.05, 4.69) is 0 Å². The van der Waals surface area contributed by atoms with E-state index in [9.17, 15) is 5.11 Å². The summed E-state index contributed by atoms with van der Waals surface area (Å²) in [6.45, 7) is 0.741. The molecular weight excluding hydrogens is 236 g/mol. The Bertz CT molecular complexity index is 350. The molecule has 4 heteroatoms. The minimum atomic E-state index is -0.435. The van der Waals surface area contributed by atoms with Crippen LogP contribution < -0.4 is 4.74 Å². The number of ether oxygens (including phenoxy) is 2. The third kappa shape index (κ3) is 3.63. The van der Waals surface area contributed by atoms with Gasteiger partial charge in [-0.05, 0) is 17.7 Å². The number of aliphatic hydroxyl groups is 1. The van der Waals surface area contributed by atoms with Gasteiger partial charge in [-0.25, -0.2) is 0 Å². The first-order chi connectivity index (χ1) is 8.29. The maximum atomic E-state index is 10.1. The zero-order valence-corrected chi connectivity index (χ0v) is 10.8. The lowest BCUT2D eigenvalue weighted by atomic mass is 10.0. The SMILES string of the molecule is COc1cccc(CC(O)C2CSCCO2)c1. The van der Waals surface area contributed by atoms with E-state index in [1.165, 1.54) is 0 Å². The van der Waals surface area contributed by atoms with Crippen LogP contribution in [0.4, 0.5) is 0 Å². The molecule has 0 spiro atoms. The molecule has 2 atom stereocenters. The Labute approximate surface area is 106 Å². The molecule has 1 aliphatic heterocycles. The highest BCUT2D eigenvalue weighted by Crippen LogP contribution is 2.19. The molecule has 1 N–H and O–H groups in total. The zero-order chi connectivity index (χ0) is 12.1. The van der Waals surface area contributed by atoms with E-state index in [0.29, 0.717) is 6.42 Å². The van der Waals surface area contributed by atoms with Crippen molar-refractivity contribution < 1.29 is 14.6 Å². The van der Waals surface area contributed by atoms with Gasteiger partial charge in [0.25, 0.3) is 0 Å². The topological polar surface area (TPSA) is 38.7 Å². The van der Waals surface area contributed by atoms with Crippen molar-refractivity contribution in [1.82, 2.24) is 0 Å². The van der Waals surface area contributed by atoms with Crippen molar-refractivity contribution in [3.05, 3.63) is 29.8 Å². The largest absolute Gasteiger partial charge is 0.497 e. The van der Waals surface area contributed by atoms with Crippen LogP contribution >= 0.6 is 11.8 Å². The molecular formula is C13H18O3S. The normalized spacial score (nSPS) is 22.1. The van der Waals surface area contributed by atoms with Crippen molar-refractivity contribution in [2.45, 2.75) is 18.6 Å². The van der Waals surface area contributed by atoms with Crippen LogP contribution in [-0.4, -0.2) is 42.5 Å². The molecule has 3 nitrogen and oxygen atoms in total. The summed E-state index contributed by atoms with van der Waals surface area (Å²) in [5.74, 6) is 2.74. The highest BCUT2D eigenvalue weighted by atomic mass is 32.2. The lowest BCUT2D eigenvalue weighted by molar-refractivity contribution is -0.0208. The summed E-state index contributed by atoms with van der Waals surface area (Å²) >= 11 is 1.84. The smallest absolute Gasteiger partial charge is 0.119 e. The lowest BCUT2D eigenvalue weighted by Crippen LogP contribution is -2.36. The van der Waals surface area contributed by atoms with Crippen LogP contribution in [0.5, 0.6) is 5.75 Å². The first-order valence-electron chi connectivity index (χ1n) is 5.80. The van der Waals surface area contributed by atoms with Gasteiger partial charge in [-0.15, -0.1) is 0 Å². The van der Waals surface area contributed by atoms with Gasteiger partial charge in [0, 0.05) is 17.9 Å². The standard InChI is InChI=1S/C13H18O3S/c1-15-11-4-2-3-10(7-11)8-12(14)13-9-17-6-5-16-13/h2-4,7,12-14H,5-6,8-9H2,1H3. The minimum Gasteiger partial charge on any atom is -0.497 e. The van der Waals surface area contributed by atoms with Crippen LogP contribution in [0.3, 0.4) is 0 Å². The van der Waals surface area contributed by atoms with E-state index in [1.54, 1.807) is 7.11 Å². The molecule has 1 fully saturated rings. The number of methoxy groups -OCH3 is 1. The van der Waals surface area contributed by atoms with Gasteiger partial charge in [0.1, 0.15) is 5.75 Å². The van der Waals surface area contributed by atoms with Gasteiger partial charge in [0.2, 0.25) is 0 Å². The number of hydrogen-bond donors (Lipinski definition) is 1. The summed E-state index contributed by atoms with van der Waals surface area (Å²) < 4.78 is 10.7. The molecule has 2 rings (SSSR count). The Kier molecular flexibility index (Phi) is 4.71. The van der Waals surface area contributed by atoms with E-state index >= 15 is 0 Å². The minimum absolute atomic E-state index is 0.0417. The highest BCUT2D eigenvalue weighted by molar-refractivity contribution is 7.99. The second-order valence-corrected chi connectivity index (χ2v) is 5.26. The Morgan fingerprint density at radius 3 is 3.18 bits per heavy atom. The van der Waals surface area contributed by atoms with Gasteiger partial charge in [0.05, 0.1) is 25.9 Å². The summed E-state index contributed by atoms with van der Waals surface area (Å²) in [7, 11) is 1.65. The van der Waals surface area contributed by atoms with Crippen LogP contribution in [-0.2, 0) is 11.2 Å². The Balaban J connectivity index is 1.94. The predicted octanol–water partition coefficient (Wildman–Crippen LogP) is 1.73. The molecule has 0 amide bonds. The Hall–Kier alpha value is -0.710. The van der Waals surface area contributed by atoms with Crippen molar-refractivity contribution in [1.29, 1.82) is 0 Å². The van der Waals surface area contributed by atoms with Crippen molar-refractivity contribution >= 4 is 11.8 Å². The van der Waals surface area contributed by atoms with E-state index in [-0.39, 0.29) is 6.10 Å². The zero-order valence-electron chi connectivity index (χ0n) is 9.96. The number of rotatable bonds is 4. The van der Waals surface area contributed by atoms with Gasteiger partial charge in [0.15, 0.2) is 0 Å². The first kappa shape index (κ1) is 12.7. The molecule has 0 bridgehead atoms. The summed E-state index contributed by atoms with van der Waals surface area (Å²) in [6, 6.07) is 7.81. The molecule has 1 aliphatic rings. The maximum absolute atomic E-state index is 10.1. The van der Waals surface area contributed by atoms with Gasteiger partial charge in [-0.2, -0.15) is 11.8 Å². The highest BCUT2D eigenvalue weighted by Gasteiger charge is 2.23. The number of thioether (sulfide) groups is 1. The molecule has 0 saturated carbocycles. The molecule has 17 heavy (non-hydrogen) atoms. The average molecular weight is 254 g/mol. The molecule has 2 unspecified atom stereocenters. The molecule has 0 aliphatic carbocycles. The Morgan fingerprint density at radius 2 is 2.47 bits per heavy atom. The van der Waals surface area contributed by atoms with Crippen molar-refractivity contribution in [3.8, 4) is 5.75 Å². The first-order valence-corrected chi connectivity index (χ1v) is 6.95. The summed E-state index contributed by atoms with van der Waals surface area (Å²) in [5.41, 5.74) is 1.08. The van der Waals surface area contributed by atoms with E-state index in [0.717, 1.165) is 29.4 Å². The number of hydrogen-bond acceptors (Lipinski definition) is 4. The second-order valence-electron chi connectivity index (χ2n) is 4.11. The van der Waals surface area contributed by atoms with Gasteiger partial charge >= 0.3 is 0 Å². The molecule has 1 heterocycles. The van der Waals surface area contributed by atoms with Crippen molar-refractivity contribution in [2.75, 3.05) is 25.2 Å². The van der Waals surface area contributed by atoms with Crippen LogP contribution in [0.1, 0.15) is 5.56 Å². The number of aliphatic hydroxyl groups excluding tert-OH is 1. The van der Waals surface area contributed by atoms with Crippen LogP contribution in [0, 0.1) is 0 Å². The van der Waals surface area contributed by atoms with Crippen LogP contribution in [0.25, 0.3) is 0 Å². The van der Waals surface area contributed by atoms with E-state index in [4.69, 9.17) is 9.47 Å². The van der Waals surface area contributed by atoms with Crippen LogP contribution in [0.15, 0.2) is 24.3 Å². The summed E-state index contributed by atoms with van der Waals surface area (Å²) in [4.78, 5) is 0. The van der Waals surface area contributed by atoms with Crippen molar-refractivity contribution in [3.63, 3.8) is 0 Å². The fourth-order valence-corrected chi connectivity index (χ4v) is 2.83. The third-order valence-corrected chi connectivity index (χ3v) is 3.87. The quantitative estimate of drug-likeness (QED) is 0.888. The van der Waals surface area contributed by atoms with Crippen molar-refractivity contribution in [2.24, 2.45) is 0 Å². The molecule has 1 aromatic carbocycles. The molecule has 0 aromatic heterocycles. The molecule has 1 aromatic rings. The third-order valence-electron chi connectivity index (χ3n) is 2.85. The van der Waals surface area contributed by atoms with Gasteiger partial charge in [-0.3, -0.25) is 0 Å². The second kappa shape index (κ2) is 6.28. The molecule has 94 valence electrons. The summed E-state index contributed by atoms with van der Waals surface area (Å²) in [6.07, 6.45) is 0.137.